The van der Waals surface area contributed by atoms with Crippen molar-refractivity contribution in [2.45, 2.75) is 38.7 Å². The molecule has 0 saturated carbocycles. The first-order chi connectivity index (χ1) is 16.4. The number of phenols is 1. The van der Waals surface area contributed by atoms with Crippen molar-refractivity contribution in [3.05, 3.63) is 71.5 Å². The van der Waals surface area contributed by atoms with E-state index in [1.807, 2.05) is 25.1 Å². The van der Waals surface area contributed by atoms with Crippen molar-refractivity contribution in [3.8, 4) is 34.1 Å². The summed E-state index contributed by atoms with van der Waals surface area (Å²) in [5, 5.41) is 19.7. The molecule has 3 aromatic carbocycles. The maximum atomic E-state index is 13.2. The van der Waals surface area contributed by atoms with E-state index in [2.05, 4.69) is 0 Å². The van der Waals surface area contributed by atoms with Gasteiger partial charge >= 0.3 is 5.97 Å². The van der Waals surface area contributed by atoms with Crippen molar-refractivity contribution in [2.75, 3.05) is 13.2 Å². The zero-order chi connectivity index (χ0) is 24.1. The molecule has 34 heavy (non-hydrogen) atoms. The maximum absolute atomic E-state index is 13.2. The number of carbonyl (C=O) groups is 1. The number of phenolic OH excluding ortho intramolecular Hbond substituents is 1. The van der Waals surface area contributed by atoms with Crippen LogP contribution in [0.4, 0.5) is 4.39 Å². The van der Waals surface area contributed by atoms with Gasteiger partial charge in [0.05, 0.1) is 13.2 Å². The number of halogens is 1. The van der Waals surface area contributed by atoms with Gasteiger partial charge < -0.3 is 24.4 Å². The summed E-state index contributed by atoms with van der Waals surface area (Å²) in [7, 11) is 0. The molecule has 1 heterocycles. The molecule has 4 rings (SSSR count). The van der Waals surface area contributed by atoms with Crippen molar-refractivity contribution >= 4 is 5.97 Å². The third-order valence-electron chi connectivity index (χ3n) is 5.79. The molecule has 0 fully saturated rings. The van der Waals surface area contributed by atoms with E-state index < -0.39 is 12.1 Å². The molecule has 178 valence electrons. The van der Waals surface area contributed by atoms with Crippen LogP contribution in [0.5, 0.6) is 23.0 Å². The van der Waals surface area contributed by atoms with Gasteiger partial charge in [-0.15, -0.1) is 0 Å². The average molecular weight is 467 g/mol. The van der Waals surface area contributed by atoms with E-state index in [1.54, 1.807) is 24.3 Å². The first-order valence-electron chi connectivity index (χ1n) is 11.3. The van der Waals surface area contributed by atoms with Crippen LogP contribution in [0.25, 0.3) is 11.1 Å². The van der Waals surface area contributed by atoms with Gasteiger partial charge in [0.2, 0.25) is 0 Å². The number of carboxylic acid groups (broad SMARTS) is 1. The number of aromatic hydroxyl groups is 1. The first-order valence-corrected chi connectivity index (χ1v) is 11.3. The molecule has 1 unspecified atom stereocenters. The fourth-order valence-electron chi connectivity index (χ4n) is 3.93. The molecule has 0 amide bonds. The zero-order valence-electron chi connectivity index (χ0n) is 18.9. The van der Waals surface area contributed by atoms with E-state index in [-0.39, 0.29) is 11.6 Å². The summed E-state index contributed by atoms with van der Waals surface area (Å²) in [6.45, 7) is 2.80. The zero-order valence-corrected chi connectivity index (χ0v) is 18.9. The molecule has 1 aliphatic heterocycles. The van der Waals surface area contributed by atoms with Gasteiger partial charge in [-0.05, 0) is 60.2 Å². The van der Waals surface area contributed by atoms with E-state index >= 15 is 0 Å². The van der Waals surface area contributed by atoms with Crippen molar-refractivity contribution in [3.63, 3.8) is 0 Å². The third kappa shape index (κ3) is 5.42. The van der Waals surface area contributed by atoms with Gasteiger partial charge in [-0.2, -0.15) is 0 Å². The second-order valence-corrected chi connectivity index (χ2v) is 8.14. The summed E-state index contributed by atoms with van der Waals surface area (Å²) in [5.41, 5.74) is 3.28. The summed E-state index contributed by atoms with van der Waals surface area (Å²) in [6.07, 6.45) is 1.62. The molecular formula is C27H27FO6. The second kappa shape index (κ2) is 10.5. The van der Waals surface area contributed by atoms with Crippen molar-refractivity contribution in [2.24, 2.45) is 0 Å². The fourth-order valence-corrected chi connectivity index (χ4v) is 3.93. The van der Waals surface area contributed by atoms with Crippen LogP contribution >= 0.6 is 0 Å². The molecule has 0 radical (unpaired) electrons. The van der Waals surface area contributed by atoms with Crippen molar-refractivity contribution in [1.82, 2.24) is 0 Å². The molecule has 0 saturated heterocycles. The SMILES string of the molecule is CCc1cc(-c2ccc(F)cc2)c(O)cc1OCCCOc1ccc2c(c1)OC(C(=O)O)CC2. The largest absolute Gasteiger partial charge is 0.507 e. The predicted molar refractivity (Wildman–Crippen MR) is 125 cm³/mol. The van der Waals surface area contributed by atoms with Crippen LogP contribution in [0, 0.1) is 5.82 Å². The van der Waals surface area contributed by atoms with Gasteiger partial charge in [0, 0.05) is 24.1 Å². The van der Waals surface area contributed by atoms with Crippen LogP contribution in [0.3, 0.4) is 0 Å². The Hall–Kier alpha value is -3.74. The second-order valence-electron chi connectivity index (χ2n) is 8.14. The van der Waals surface area contributed by atoms with Crippen molar-refractivity contribution in [1.29, 1.82) is 0 Å². The van der Waals surface area contributed by atoms with Gasteiger partial charge in [-0.1, -0.05) is 25.1 Å². The standard InChI is InChI=1S/C27H27FO6/c1-2-17-14-22(18-4-8-20(28)9-5-18)23(29)16-25(17)33-13-3-12-32-21-10-6-19-7-11-24(27(30)31)34-26(19)15-21/h4-6,8-10,14-16,24,29H,2-3,7,11-13H2,1H3,(H,30,31). The number of aryl methyl sites for hydroxylation is 2. The Morgan fingerprint density at radius 1 is 1.09 bits per heavy atom. The summed E-state index contributed by atoms with van der Waals surface area (Å²) in [6, 6.07) is 14.9. The maximum Gasteiger partial charge on any atom is 0.344 e. The normalized spacial score (nSPS) is 14.7. The number of aliphatic carboxylic acids is 1. The van der Waals surface area contributed by atoms with E-state index in [1.165, 1.54) is 12.1 Å². The lowest BCUT2D eigenvalue weighted by Gasteiger charge is -2.23. The quantitative estimate of drug-likeness (QED) is 0.412. The highest BCUT2D eigenvalue weighted by Gasteiger charge is 2.25. The predicted octanol–water partition coefficient (Wildman–Crippen LogP) is 5.39. The summed E-state index contributed by atoms with van der Waals surface area (Å²) in [4.78, 5) is 11.2. The van der Waals surface area contributed by atoms with Crippen LogP contribution in [0.15, 0.2) is 54.6 Å². The Labute approximate surface area is 197 Å². The highest BCUT2D eigenvalue weighted by atomic mass is 19.1. The van der Waals surface area contributed by atoms with E-state index in [0.29, 0.717) is 61.7 Å². The minimum absolute atomic E-state index is 0.0729. The lowest BCUT2D eigenvalue weighted by Crippen LogP contribution is -2.30. The molecule has 0 aromatic heterocycles. The minimum Gasteiger partial charge on any atom is -0.507 e. The highest BCUT2D eigenvalue weighted by Crippen LogP contribution is 2.36. The minimum atomic E-state index is -0.961. The average Bonchev–Trinajstić information content (AvgIpc) is 2.84. The number of carboxylic acids is 1. The molecule has 2 N–H and O–H groups in total. The molecule has 6 nitrogen and oxygen atoms in total. The Kier molecular flexibility index (Phi) is 7.21. The molecule has 1 atom stereocenters. The first kappa shape index (κ1) is 23.4. The number of benzene rings is 3. The third-order valence-corrected chi connectivity index (χ3v) is 5.79. The number of ether oxygens (including phenoxy) is 3. The van der Waals surface area contributed by atoms with Crippen LogP contribution < -0.4 is 14.2 Å². The lowest BCUT2D eigenvalue weighted by molar-refractivity contribution is -0.145. The van der Waals surface area contributed by atoms with E-state index in [0.717, 1.165) is 16.7 Å². The van der Waals surface area contributed by atoms with E-state index in [4.69, 9.17) is 19.3 Å². The lowest BCUT2D eigenvalue weighted by atomic mass is 10.00. The molecule has 0 bridgehead atoms. The van der Waals surface area contributed by atoms with Crippen LogP contribution in [0.1, 0.15) is 30.9 Å². The molecule has 0 spiro atoms. The molecule has 7 heteroatoms. The van der Waals surface area contributed by atoms with Crippen LogP contribution in [-0.2, 0) is 17.6 Å². The number of rotatable bonds is 9. The summed E-state index contributed by atoms with van der Waals surface area (Å²) < 4.78 is 30.5. The topological polar surface area (TPSA) is 85.2 Å². The van der Waals surface area contributed by atoms with Gasteiger partial charge in [0.1, 0.15) is 28.8 Å². The number of hydrogen-bond acceptors (Lipinski definition) is 5. The summed E-state index contributed by atoms with van der Waals surface area (Å²) >= 11 is 0. The van der Waals surface area contributed by atoms with Gasteiger partial charge in [-0.3, -0.25) is 0 Å². The van der Waals surface area contributed by atoms with Gasteiger partial charge in [-0.25, -0.2) is 9.18 Å². The summed E-state index contributed by atoms with van der Waals surface area (Å²) in [5.74, 6) is 0.555. The number of hydrogen-bond donors (Lipinski definition) is 2. The van der Waals surface area contributed by atoms with Crippen LogP contribution in [0.2, 0.25) is 0 Å². The smallest absolute Gasteiger partial charge is 0.344 e. The monoisotopic (exact) mass is 466 g/mol. The highest BCUT2D eigenvalue weighted by molar-refractivity contribution is 5.73. The molecule has 0 aliphatic carbocycles. The Balaban J connectivity index is 1.32. The van der Waals surface area contributed by atoms with Crippen LogP contribution in [-0.4, -0.2) is 35.5 Å². The van der Waals surface area contributed by atoms with E-state index in [9.17, 15) is 14.3 Å². The molecule has 3 aromatic rings. The molecule has 1 aliphatic rings. The molecular weight excluding hydrogens is 439 g/mol. The van der Waals surface area contributed by atoms with Gasteiger partial charge in [0.25, 0.3) is 0 Å². The number of fused-ring (bicyclic) bond motifs is 1. The Morgan fingerprint density at radius 3 is 2.59 bits per heavy atom. The Bertz CT molecular complexity index is 1160. The Morgan fingerprint density at radius 2 is 1.85 bits per heavy atom. The van der Waals surface area contributed by atoms with Crippen molar-refractivity contribution < 1.29 is 33.6 Å². The van der Waals surface area contributed by atoms with Gasteiger partial charge in [0.15, 0.2) is 6.10 Å². The fraction of sp³-hybridized carbons (Fsp3) is 0.296.